The maximum atomic E-state index is 12.5. The van der Waals surface area contributed by atoms with Crippen molar-refractivity contribution in [3.8, 4) is 0 Å². The summed E-state index contributed by atoms with van der Waals surface area (Å²) in [6.45, 7) is 2.08. The zero-order chi connectivity index (χ0) is 14.8. The minimum atomic E-state index is -3.58. The number of hydrogen-bond donors (Lipinski definition) is 2. The molecule has 2 rings (SSSR count). The van der Waals surface area contributed by atoms with Gasteiger partial charge in [-0.15, -0.1) is 0 Å². The Labute approximate surface area is 125 Å². The van der Waals surface area contributed by atoms with Crippen molar-refractivity contribution in [1.29, 1.82) is 0 Å². The van der Waals surface area contributed by atoms with Crippen LogP contribution in [0.3, 0.4) is 0 Å². The quantitative estimate of drug-likeness (QED) is 0.876. The Bertz CT molecular complexity index is 569. The van der Waals surface area contributed by atoms with Gasteiger partial charge in [0.05, 0.1) is 4.90 Å². The molecule has 3 N–H and O–H groups in total. The third kappa shape index (κ3) is 3.52. The molecule has 1 saturated carbocycles. The van der Waals surface area contributed by atoms with Crippen molar-refractivity contribution in [2.24, 2.45) is 11.7 Å². The smallest absolute Gasteiger partial charge is 0.241 e. The van der Waals surface area contributed by atoms with E-state index in [2.05, 4.69) is 4.72 Å². The van der Waals surface area contributed by atoms with Crippen molar-refractivity contribution in [1.82, 2.24) is 4.72 Å². The van der Waals surface area contributed by atoms with Crippen LogP contribution in [0.1, 0.15) is 31.2 Å². The van der Waals surface area contributed by atoms with Crippen molar-refractivity contribution in [2.45, 2.75) is 43.5 Å². The number of nitrogens with one attached hydrogen (secondary N) is 1. The molecule has 1 aliphatic carbocycles. The molecule has 0 saturated heterocycles. The molecule has 1 unspecified atom stereocenters. The molecule has 0 amide bonds. The highest BCUT2D eigenvalue weighted by Crippen LogP contribution is 2.28. The van der Waals surface area contributed by atoms with Crippen molar-refractivity contribution in [2.75, 3.05) is 6.54 Å². The summed E-state index contributed by atoms with van der Waals surface area (Å²) in [6, 6.07) is 4.69. The number of halogens is 1. The highest BCUT2D eigenvalue weighted by Gasteiger charge is 2.29. The summed E-state index contributed by atoms with van der Waals surface area (Å²) in [5.41, 5.74) is 6.44. The van der Waals surface area contributed by atoms with Gasteiger partial charge in [-0.25, -0.2) is 13.1 Å². The molecule has 1 fully saturated rings. The number of sulfonamides is 1. The van der Waals surface area contributed by atoms with Crippen LogP contribution in [0.4, 0.5) is 0 Å². The molecule has 0 aromatic heterocycles. The van der Waals surface area contributed by atoms with E-state index in [0.29, 0.717) is 23.0 Å². The number of hydrogen-bond acceptors (Lipinski definition) is 3. The van der Waals surface area contributed by atoms with Gasteiger partial charge in [-0.1, -0.05) is 30.5 Å². The first-order valence-corrected chi connectivity index (χ1v) is 8.78. The van der Waals surface area contributed by atoms with Gasteiger partial charge in [0.1, 0.15) is 0 Å². The lowest BCUT2D eigenvalue weighted by atomic mass is 9.99. The van der Waals surface area contributed by atoms with Crippen LogP contribution in [0.2, 0.25) is 5.02 Å². The first-order valence-electron chi connectivity index (χ1n) is 6.92. The number of benzene rings is 1. The average Bonchev–Trinajstić information content (AvgIpc) is 2.92. The van der Waals surface area contributed by atoms with E-state index in [1.54, 1.807) is 19.1 Å². The average molecular weight is 317 g/mol. The molecule has 112 valence electrons. The molecule has 6 heteroatoms. The molecule has 0 heterocycles. The van der Waals surface area contributed by atoms with E-state index in [-0.39, 0.29) is 10.9 Å². The minimum absolute atomic E-state index is 0.194. The SMILES string of the molecule is Cc1ccc(Cl)cc1S(=O)(=O)NC(CN)C1CCCC1. The Hall–Kier alpha value is -0.620. The summed E-state index contributed by atoms with van der Waals surface area (Å²) in [7, 11) is -3.58. The molecule has 0 spiro atoms. The fraction of sp³-hybridized carbons (Fsp3) is 0.571. The van der Waals surface area contributed by atoms with Crippen LogP contribution in [0.5, 0.6) is 0 Å². The van der Waals surface area contributed by atoms with E-state index in [9.17, 15) is 8.42 Å². The summed E-state index contributed by atoms with van der Waals surface area (Å²) in [5.74, 6) is 0.342. The zero-order valence-corrected chi connectivity index (χ0v) is 13.2. The van der Waals surface area contributed by atoms with E-state index < -0.39 is 10.0 Å². The van der Waals surface area contributed by atoms with E-state index in [0.717, 1.165) is 25.7 Å². The fourth-order valence-corrected chi connectivity index (χ4v) is 4.65. The Morgan fingerprint density at radius 2 is 2.05 bits per heavy atom. The molecular weight excluding hydrogens is 296 g/mol. The van der Waals surface area contributed by atoms with Crippen LogP contribution in [0, 0.1) is 12.8 Å². The van der Waals surface area contributed by atoms with Gasteiger partial charge in [-0.3, -0.25) is 0 Å². The summed E-state index contributed by atoms with van der Waals surface area (Å²) in [6.07, 6.45) is 4.38. The Morgan fingerprint density at radius 1 is 1.40 bits per heavy atom. The van der Waals surface area contributed by atoms with E-state index in [1.807, 2.05) is 0 Å². The summed E-state index contributed by atoms with van der Waals surface area (Å²) in [4.78, 5) is 0.237. The summed E-state index contributed by atoms with van der Waals surface area (Å²) < 4.78 is 27.8. The second kappa shape index (κ2) is 6.43. The lowest BCUT2D eigenvalue weighted by Crippen LogP contribution is -2.44. The van der Waals surface area contributed by atoms with E-state index in [4.69, 9.17) is 17.3 Å². The highest BCUT2D eigenvalue weighted by atomic mass is 35.5. The molecule has 1 aromatic carbocycles. The monoisotopic (exact) mass is 316 g/mol. The third-order valence-corrected chi connectivity index (χ3v) is 5.84. The van der Waals surface area contributed by atoms with Crippen molar-refractivity contribution < 1.29 is 8.42 Å². The standard InChI is InChI=1S/C14H21ClN2O2S/c1-10-6-7-12(15)8-14(10)20(18,19)17-13(9-16)11-4-2-3-5-11/h6-8,11,13,17H,2-5,9,16H2,1H3. The molecule has 0 aliphatic heterocycles. The summed E-state index contributed by atoms with van der Waals surface area (Å²) >= 11 is 5.90. The van der Waals surface area contributed by atoms with Crippen LogP contribution in [0.15, 0.2) is 23.1 Å². The van der Waals surface area contributed by atoms with Crippen molar-refractivity contribution in [3.05, 3.63) is 28.8 Å². The molecule has 0 radical (unpaired) electrons. The normalized spacial score (nSPS) is 18.4. The van der Waals surface area contributed by atoms with Gasteiger partial charge in [-0.05, 0) is 43.4 Å². The minimum Gasteiger partial charge on any atom is -0.329 e. The molecule has 1 aliphatic rings. The van der Waals surface area contributed by atoms with Gasteiger partial charge in [-0.2, -0.15) is 0 Å². The number of aryl methyl sites for hydroxylation is 1. The van der Waals surface area contributed by atoms with Crippen LogP contribution in [-0.2, 0) is 10.0 Å². The molecule has 1 atom stereocenters. The van der Waals surface area contributed by atoms with Crippen molar-refractivity contribution in [3.63, 3.8) is 0 Å². The third-order valence-electron chi connectivity index (χ3n) is 3.97. The largest absolute Gasteiger partial charge is 0.329 e. The Kier molecular flexibility index (Phi) is 5.07. The van der Waals surface area contributed by atoms with Crippen LogP contribution < -0.4 is 10.5 Å². The van der Waals surface area contributed by atoms with Crippen LogP contribution in [-0.4, -0.2) is 21.0 Å². The van der Waals surface area contributed by atoms with Crippen LogP contribution >= 0.6 is 11.6 Å². The highest BCUT2D eigenvalue weighted by molar-refractivity contribution is 7.89. The fourth-order valence-electron chi connectivity index (χ4n) is 2.82. The Morgan fingerprint density at radius 3 is 2.65 bits per heavy atom. The Balaban J connectivity index is 2.23. The predicted octanol–water partition coefficient (Wildman–Crippen LogP) is 2.44. The van der Waals surface area contributed by atoms with E-state index in [1.165, 1.54) is 6.07 Å². The van der Waals surface area contributed by atoms with Crippen molar-refractivity contribution >= 4 is 21.6 Å². The molecular formula is C14H21ClN2O2S. The van der Waals surface area contributed by atoms with Gasteiger partial charge >= 0.3 is 0 Å². The predicted molar refractivity (Wildman–Crippen MR) is 81.3 cm³/mol. The molecule has 4 nitrogen and oxygen atoms in total. The van der Waals surface area contributed by atoms with Gasteiger partial charge in [0.25, 0.3) is 0 Å². The lowest BCUT2D eigenvalue weighted by Gasteiger charge is -2.23. The second-order valence-electron chi connectivity index (χ2n) is 5.42. The van der Waals surface area contributed by atoms with Gasteiger partial charge < -0.3 is 5.73 Å². The maximum absolute atomic E-state index is 12.5. The molecule has 1 aromatic rings. The summed E-state index contributed by atoms with van der Waals surface area (Å²) in [5, 5.41) is 0.418. The van der Waals surface area contributed by atoms with Crippen LogP contribution in [0.25, 0.3) is 0 Å². The molecule has 20 heavy (non-hydrogen) atoms. The maximum Gasteiger partial charge on any atom is 0.241 e. The number of nitrogens with two attached hydrogens (primary N) is 1. The zero-order valence-electron chi connectivity index (χ0n) is 11.6. The molecule has 0 bridgehead atoms. The first kappa shape index (κ1) is 15.8. The topological polar surface area (TPSA) is 72.2 Å². The van der Waals surface area contributed by atoms with E-state index >= 15 is 0 Å². The lowest BCUT2D eigenvalue weighted by molar-refractivity contribution is 0.405. The van der Waals surface area contributed by atoms with Gasteiger partial charge in [0.2, 0.25) is 10.0 Å². The van der Waals surface area contributed by atoms with Gasteiger partial charge in [0.15, 0.2) is 0 Å². The number of rotatable bonds is 5. The first-order chi connectivity index (χ1) is 9.44. The van der Waals surface area contributed by atoms with Gasteiger partial charge in [0, 0.05) is 17.6 Å². The second-order valence-corrected chi connectivity index (χ2v) is 7.54.